The quantitative estimate of drug-likeness (QED) is 0.0411. The Hall–Kier alpha value is -3.61. The Balaban J connectivity index is 1.79. The zero-order valence-corrected chi connectivity index (χ0v) is 39.9. The van der Waals surface area contributed by atoms with Crippen molar-refractivity contribution in [3.63, 3.8) is 0 Å². The minimum Gasteiger partial charge on any atom is -0.465 e. The van der Waals surface area contributed by atoms with Crippen LogP contribution < -0.4 is 0 Å². The Morgan fingerprint density at radius 1 is 0.938 bits per heavy atom. The Labute approximate surface area is 384 Å². The summed E-state index contributed by atoms with van der Waals surface area (Å²) in [7, 11) is 0. The van der Waals surface area contributed by atoms with Crippen LogP contribution in [-0.4, -0.2) is 95.3 Å². The molecule has 1 unspecified atom stereocenters. The van der Waals surface area contributed by atoms with E-state index >= 15 is 0 Å². The summed E-state index contributed by atoms with van der Waals surface area (Å²) in [5.74, 6) is -1.48. The molecule has 0 saturated carbocycles. The number of aliphatic hydroxyl groups excluding tert-OH is 3. The molecule has 360 valence electrons. The third-order valence-corrected chi connectivity index (χ3v) is 12.5. The van der Waals surface area contributed by atoms with E-state index < -0.39 is 54.0 Å². The summed E-state index contributed by atoms with van der Waals surface area (Å²) in [5, 5.41) is 31.7. The van der Waals surface area contributed by atoms with E-state index in [4.69, 9.17) is 23.7 Å². The Morgan fingerprint density at radius 3 is 2.38 bits per heavy atom. The topological polar surface area (TPSA) is 158 Å². The molecule has 0 radical (unpaired) electrons. The van der Waals surface area contributed by atoms with E-state index in [1.54, 1.807) is 18.2 Å². The van der Waals surface area contributed by atoms with Crippen LogP contribution in [-0.2, 0) is 38.1 Å². The van der Waals surface area contributed by atoms with Gasteiger partial charge in [-0.05, 0) is 50.5 Å². The van der Waals surface area contributed by atoms with Gasteiger partial charge in [-0.1, -0.05) is 159 Å². The van der Waals surface area contributed by atoms with Gasteiger partial charge in [-0.2, -0.15) is 0 Å². The lowest BCUT2D eigenvalue weighted by atomic mass is 9.73. The van der Waals surface area contributed by atoms with Gasteiger partial charge in [-0.3, -0.25) is 4.79 Å². The van der Waals surface area contributed by atoms with Crippen molar-refractivity contribution in [2.75, 3.05) is 13.2 Å². The third kappa shape index (κ3) is 20.3. The van der Waals surface area contributed by atoms with E-state index in [1.807, 2.05) is 71.1 Å². The fraction of sp³-hybridized carbons (Fsp3) is 0.679. The zero-order valence-electron chi connectivity index (χ0n) is 39.9. The van der Waals surface area contributed by atoms with E-state index in [1.165, 1.54) is 44.6 Å². The Bertz CT molecular complexity index is 1610. The molecule has 0 amide bonds. The van der Waals surface area contributed by atoms with Crippen molar-refractivity contribution in [1.29, 1.82) is 0 Å². The molecule has 64 heavy (non-hydrogen) atoms. The van der Waals surface area contributed by atoms with Crippen LogP contribution in [0.1, 0.15) is 151 Å². The van der Waals surface area contributed by atoms with Gasteiger partial charge in [0.15, 0.2) is 6.10 Å². The van der Waals surface area contributed by atoms with Crippen LogP contribution >= 0.6 is 0 Å². The highest BCUT2D eigenvalue weighted by molar-refractivity contribution is 5.82. The fourth-order valence-electron chi connectivity index (χ4n) is 8.27. The second kappa shape index (κ2) is 29.8. The van der Waals surface area contributed by atoms with Crippen LogP contribution in [0.2, 0.25) is 0 Å². The molecule has 11 nitrogen and oxygen atoms in total. The number of aliphatic hydroxyl groups is 3. The molecule has 0 aliphatic carbocycles. The van der Waals surface area contributed by atoms with Crippen LogP contribution in [0.15, 0.2) is 84.6 Å². The minimum atomic E-state index is -1.43. The maximum absolute atomic E-state index is 13.5. The SMILES string of the molecule is C=C(COC(=O)[C@H](O)CC=CC[C@@H]1O[C@@H]2/C=C\CC=C/C(C)=C\[C@H]3O[C@@H](C/C=C\C=C/C(=O)O[C@H](C2)[C@@]1(C)COC(=O)CCCCCCCCCCC)C[C@H](O)[C@H]3C)C(O)CC(C)C. The molecule has 3 heterocycles. The number of hydrogen-bond donors (Lipinski definition) is 3. The lowest BCUT2D eigenvalue weighted by Crippen LogP contribution is -2.55. The van der Waals surface area contributed by atoms with E-state index in [-0.39, 0.29) is 49.6 Å². The van der Waals surface area contributed by atoms with Gasteiger partial charge >= 0.3 is 17.9 Å². The average Bonchev–Trinajstić information content (AvgIpc) is 3.25. The van der Waals surface area contributed by atoms with Crippen LogP contribution in [0, 0.1) is 17.3 Å². The number of unbranched alkanes of at least 4 members (excludes halogenated alkanes) is 8. The first-order valence-corrected chi connectivity index (χ1v) is 24.2. The molecule has 3 rings (SSSR count). The maximum Gasteiger partial charge on any atom is 0.335 e. The van der Waals surface area contributed by atoms with Gasteiger partial charge in [-0.25, -0.2) is 9.59 Å². The molecular formula is C53H82O11. The van der Waals surface area contributed by atoms with Crippen LogP contribution in [0.5, 0.6) is 0 Å². The molecule has 3 aliphatic rings. The summed E-state index contributed by atoms with van der Waals surface area (Å²) in [5.41, 5.74) is 0.448. The molecule has 0 aromatic rings. The van der Waals surface area contributed by atoms with Gasteiger partial charge < -0.3 is 39.0 Å². The second-order valence-electron chi connectivity index (χ2n) is 18.8. The molecule has 2 fully saturated rings. The maximum atomic E-state index is 13.5. The fourth-order valence-corrected chi connectivity index (χ4v) is 8.27. The molecule has 4 bridgehead atoms. The van der Waals surface area contributed by atoms with Gasteiger partial charge in [0.05, 0.1) is 42.0 Å². The number of hydrogen-bond acceptors (Lipinski definition) is 11. The molecule has 2 saturated heterocycles. The molecule has 0 aromatic carbocycles. The standard InChI is InChI=1S/C53H82O11/c1-8-9-10-11-12-13-14-15-21-30-50(57)61-37-53(7)48(29-24-23-28-44(54)52(59)60-36-40(5)45(55)32-38(2)3)63-43-27-19-16-18-25-39(4)33-47-41(6)46(56)34-42(62-47)26-20-17-22-31-51(58)64-49(53)35-43/h17-20,22-25,27,31,33,38,41-49,54-56H,5,8-16,21,26,28-30,32,34-37H2,1-4,6-7H3/b20-17-,24-23?,25-18?,27-19-,31-22-,39-33-/t41-,42+,43-,44-,45?,46+,47-,48+,49-,53+/m1/s1. The Kier molecular flexibility index (Phi) is 25.5. The van der Waals surface area contributed by atoms with Gasteiger partial charge in [0, 0.05) is 37.7 Å². The van der Waals surface area contributed by atoms with Crippen LogP contribution in [0.4, 0.5) is 0 Å². The first-order chi connectivity index (χ1) is 30.6. The predicted molar refractivity (Wildman–Crippen MR) is 252 cm³/mol. The smallest absolute Gasteiger partial charge is 0.335 e. The molecular weight excluding hydrogens is 813 g/mol. The zero-order chi connectivity index (χ0) is 46.9. The second-order valence-corrected chi connectivity index (χ2v) is 18.8. The van der Waals surface area contributed by atoms with Crippen molar-refractivity contribution >= 4 is 17.9 Å². The van der Waals surface area contributed by atoms with E-state index in [0.717, 1.165) is 24.8 Å². The van der Waals surface area contributed by atoms with Crippen molar-refractivity contribution in [2.45, 2.75) is 200 Å². The van der Waals surface area contributed by atoms with Crippen LogP contribution in [0.3, 0.4) is 0 Å². The molecule has 3 N–H and O–H groups in total. The normalized spacial score (nSPS) is 30.1. The number of rotatable bonds is 22. The first kappa shape index (κ1) is 54.7. The highest BCUT2D eigenvalue weighted by Gasteiger charge is 2.50. The highest BCUT2D eigenvalue weighted by atomic mass is 16.6. The van der Waals surface area contributed by atoms with Crippen molar-refractivity contribution in [2.24, 2.45) is 17.3 Å². The summed E-state index contributed by atoms with van der Waals surface area (Å²) < 4.78 is 30.5. The third-order valence-electron chi connectivity index (χ3n) is 12.5. The lowest BCUT2D eigenvalue weighted by Gasteiger charge is -2.47. The molecule has 11 heteroatoms. The number of allylic oxidation sites excluding steroid dienone is 6. The van der Waals surface area contributed by atoms with Crippen molar-refractivity contribution in [3.05, 3.63) is 84.6 Å². The van der Waals surface area contributed by atoms with Crippen LogP contribution in [0.25, 0.3) is 0 Å². The molecule has 10 atom stereocenters. The van der Waals surface area contributed by atoms with Gasteiger partial charge in [0.1, 0.15) is 19.3 Å². The number of esters is 3. The summed E-state index contributed by atoms with van der Waals surface area (Å²) in [4.78, 5) is 39.3. The van der Waals surface area contributed by atoms with E-state index in [2.05, 4.69) is 19.6 Å². The van der Waals surface area contributed by atoms with Crippen molar-refractivity contribution in [1.82, 2.24) is 0 Å². The first-order valence-electron chi connectivity index (χ1n) is 24.2. The summed E-state index contributed by atoms with van der Waals surface area (Å²) >= 11 is 0. The summed E-state index contributed by atoms with van der Waals surface area (Å²) in [6.07, 6.45) is 28.8. The molecule has 0 spiro atoms. The largest absolute Gasteiger partial charge is 0.465 e. The van der Waals surface area contributed by atoms with E-state index in [9.17, 15) is 29.7 Å². The monoisotopic (exact) mass is 895 g/mol. The average molecular weight is 895 g/mol. The number of carbonyl (C=O) groups is 3. The highest BCUT2D eigenvalue weighted by Crippen LogP contribution is 2.42. The van der Waals surface area contributed by atoms with Gasteiger partial charge in [0.25, 0.3) is 0 Å². The van der Waals surface area contributed by atoms with Gasteiger partial charge in [-0.15, -0.1) is 0 Å². The van der Waals surface area contributed by atoms with Crippen molar-refractivity contribution in [3.8, 4) is 0 Å². The molecule has 0 aromatic heterocycles. The summed E-state index contributed by atoms with van der Waals surface area (Å²) in [6, 6.07) is 0. The van der Waals surface area contributed by atoms with Crippen molar-refractivity contribution < 1.29 is 53.4 Å². The molecule has 3 aliphatic heterocycles. The Morgan fingerprint density at radius 2 is 1.66 bits per heavy atom. The number of fused-ring (bicyclic) bond motifs is 4. The lowest BCUT2D eigenvalue weighted by molar-refractivity contribution is -0.204. The predicted octanol–water partition coefficient (Wildman–Crippen LogP) is 9.85. The van der Waals surface area contributed by atoms with E-state index in [0.29, 0.717) is 50.5 Å². The minimum absolute atomic E-state index is 0.0234. The number of ether oxygens (including phenoxy) is 5. The summed E-state index contributed by atoms with van der Waals surface area (Å²) in [6.45, 7) is 15.7. The number of carbonyl (C=O) groups excluding carboxylic acids is 3. The van der Waals surface area contributed by atoms with Gasteiger partial charge in [0.2, 0.25) is 0 Å².